The summed E-state index contributed by atoms with van der Waals surface area (Å²) in [5, 5.41) is 23.5. The molecule has 0 radical (unpaired) electrons. The molecule has 136 valence electrons. The molecule has 1 aromatic carbocycles. The summed E-state index contributed by atoms with van der Waals surface area (Å²) in [5.74, 6) is -0.459. The fourth-order valence-electron chi connectivity index (χ4n) is 2.50. The predicted octanol–water partition coefficient (Wildman–Crippen LogP) is 3.13. The first kappa shape index (κ1) is 19.8. The summed E-state index contributed by atoms with van der Waals surface area (Å²) in [6.45, 7) is 4.04. The van der Waals surface area contributed by atoms with Crippen molar-refractivity contribution in [3.8, 4) is 11.8 Å². The Labute approximate surface area is 159 Å². The zero-order valence-corrected chi connectivity index (χ0v) is 16.0. The molecule has 1 heterocycles. The highest BCUT2D eigenvalue weighted by Crippen LogP contribution is 2.25. The van der Waals surface area contributed by atoms with Crippen molar-refractivity contribution in [2.45, 2.75) is 26.4 Å². The van der Waals surface area contributed by atoms with Crippen molar-refractivity contribution in [1.29, 1.82) is 5.26 Å². The van der Waals surface area contributed by atoms with Crippen molar-refractivity contribution in [2.24, 2.45) is 10.7 Å². The second-order valence-corrected chi connectivity index (χ2v) is 6.31. The van der Waals surface area contributed by atoms with E-state index in [1.54, 1.807) is 13.0 Å². The molecule has 3 N–H and O–H groups in total. The van der Waals surface area contributed by atoms with Crippen LogP contribution >= 0.6 is 15.9 Å². The fourth-order valence-corrected chi connectivity index (χ4v) is 3.02. The van der Waals surface area contributed by atoms with Gasteiger partial charge in [-0.05, 0) is 54.0 Å². The minimum absolute atomic E-state index is 0.209. The van der Waals surface area contributed by atoms with Crippen LogP contribution in [0.5, 0.6) is 0 Å². The van der Waals surface area contributed by atoms with Gasteiger partial charge >= 0.3 is 0 Å². The summed E-state index contributed by atoms with van der Waals surface area (Å²) >= 11 is 3.39. The number of aliphatic hydroxyl groups is 1. The molecule has 0 fully saturated rings. The number of aliphatic hydroxyl groups excluding tert-OH is 1. The van der Waals surface area contributed by atoms with E-state index in [-0.39, 0.29) is 5.69 Å². The SMILES string of the molecule is CCN=C(Br)C(=CN)Cc1cc(C#N)nn1-c1ccc(F)cc1C(C)O. The maximum Gasteiger partial charge on any atom is 0.163 e. The molecule has 0 spiro atoms. The highest BCUT2D eigenvalue weighted by atomic mass is 79.9. The van der Waals surface area contributed by atoms with Crippen LogP contribution in [0.4, 0.5) is 4.39 Å². The Balaban J connectivity index is 2.57. The molecule has 2 aromatic rings. The van der Waals surface area contributed by atoms with E-state index in [1.807, 2.05) is 13.0 Å². The molecule has 0 aliphatic heterocycles. The Morgan fingerprint density at radius 2 is 2.27 bits per heavy atom. The molecule has 0 aliphatic carbocycles. The first-order valence-corrected chi connectivity index (χ1v) is 8.78. The van der Waals surface area contributed by atoms with Gasteiger partial charge in [0.25, 0.3) is 0 Å². The van der Waals surface area contributed by atoms with Gasteiger partial charge in [-0.2, -0.15) is 10.4 Å². The molecular weight excluding hydrogens is 401 g/mol. The Kier molecular flexibility index (Phi) is 6.66. The van der Waals surface area contributed by atoms with E-state index >= 15 is 0 Å². The molecule has 1 atom stereocenters. The summed E-state index contributed by atoms with van der Waals surface area (Å²) in [6, 6.07) is 7.70. The van der Waals surface area contributed by atoms with Gasteiger partial charge < -0.3 is 10.8 Å². The largest absolute Gasteiger partial charge is 0.404 e. The lowest BCUT2D eigenvalue weighted by molar-refractivity contribution is 0.198. The van der Waals surface area contributed by atoms with E-state index < -0.39 is 11.9 Å². The number of rotatable bonds is 6. The van der Waals surface area contributed by atoms with E-state index in [4.69, 9.17) is 5.73 Å². The first-order chi connectivity index (χ1) is 12.4. The van der Waals surface area contributed by atoms with Crippen molar-refractivity contribution in [3.63, 3.8) is 0 Å². The normalized spacial score (nSPS) is 13.5. The van der Waals surface area contributed by atoms with E-state index in [9.17, 15) is 14.8 Å². The minimum Gasteiger partial charge on any atom is -0.404 e. The monoisotopic (exact) mass is 419 g/mol. The summed E-state index contributed by atoms with van der Waals surface area (Å²) in [6.07, 6.45) is 0.889. The van der Waals surface area contributed by atoms with Gasteiger partial charge in [0.05, 0.1) is 17.5 Å². The van der Waals surface area contributed by atoms with Gasteiger partial charge in [0.2, 0.25) is 0 Å². The van der Waals surface area contributed by atoms with Crippen LogP contribution in [0.3, 0.4) is 0 Å². The van der Waals surface area contributed by atoms with Crippen molar-refractivity contribution in [3.05, 3.63) is 58.8 Å². The molecule has 26 heavy (non-hydrogen) atoms. The molecule has 0 saturated heterocycles. The van der Waals surface area contributed by atoms with E-state index in [0.29, 0.717) is 34.5 Å². The number of aliphatic imine (C=N–C) groups is 1. The van der Waals surface area contributed by atoms with Crippen LogP contribution in [0.2, 0.25) is 0 Å². The second kappa shape index (κ2) is 8.74. The topological polar surface area (TPSA) is 100 Å². The van der Waals surface area contributed by atoms with E-state index in [1.165, 1.54) is 29.1 Å². The van der Waals surface area contributed by atoms with Gasteiger partial charge in [-0.25, -0.2) is 9.07 Å². The lowest BCUT2D eigenvalue weighted by Crippen LogP contribution is -2.11. The maximum absolute atomic E-state index is 13.6. The van der Waals surface area contributed by atoms with Crippen molar-refractivity contribution in [2.75, 3.05) is 6.54 Å². The van der Waals surface area contributed by atoms with E-state index in [2.05, 4.69) is 26.0 Å². The highest BCUT2D eigenvalue weighted by molar-refractivity contribution is 9.18. The molecule has 6 nitrogen and oxygen atoms in total. The summed E-state index contributed by atoms with van der Waals surface area (Å²) in [5.41, 5.74) is 8.18. The Morgan fingerprint density at radius 3 is 2.85 bits per heavy atom. The lowest BCUT2D eigenvalue weighted by Gasteiger charge is -2.15. The first-order valence-electron chi connectivity index (χ1n) is 7.99. The molecule has 0 saturated carbocycles. The van der Waals surface area contributed by atoms with Crippen LogP contribution in [0.15, 0.2) is 41.0 Å². The molecule has 1 unspecified atom stereocenters. The average molecular weight is 420 g/mol. The van der Waals surface area contributed by atoms with Crippen molar-refractivity contribution >= 4 is 20.6 Å². The number of nitrogens with two attached hydrogens (primary N) is 1. The van der Waals surface area contributed by atoms with Crippen LogP contribution in [0.1, 0.15) is 36.9 Å². The zero-order chi connectivity index (χ0) is 19.3. The number of nitriles is 1. The van der Waals surface area contributed by atoms with Crippen molar-refractivity contribution in [1.82, 2.24) is 9.78 Å². The molecule has 1 aromatic heterocycles. The van der Waals surface area contributed by atoms with Crippen LogP contribution in [0.25, 0.3) is 5.69 Å². The minimum atomic E-state index is -0.902. The number of hydrogen-bond donors (Lipinski definition) is 2. The molecule has 0 aliphatic rings. The standard InChI is InChI=1S/C18H19BrFN5O/c1-3-23-18(19)12(9-21)6-15-8-14(10-22)24-25(15)17-5-4-13(20)7-16(17)11(2)26/h4-5,7-9,11,26H,3,6,21H2,1-2H3. The molecule has 0 bridgehead atoms. The maximum atomic E-state index is 13.6. The van der Waals surface area contributed by atoms with Gasteiger partial charge in [0, 0.05) is 30.3 Å². The quantitative estimate of drug-likeness (QED) is 0.702. The predicted molar refractivity (Wildman–Crippen MR) is 102 cm³/mol. The number of nitrogens with zero attached hydrogens (tertiary/aromatic N) is 4. The van der Waals surface area contributed by atoms with Crippen LogP contribution in [-0.2, 0) is 6.42 Å². The van der Waals surface area contributed by atoms with Gasteiger partial charge in [-0.3, -0.25) is 4.99 Å². The molecular formula is C18H19BrFN5O. The van der Waals surface area contributed by atoms with Gasteiger partial charge in [-0.1, -0.05) is 0 Å². The van der Waals surface area contributed by atoms with E-state index in [0.717, 1.165) is 5.57 Å². The number of benzene rings is 1. The third-order valence-electron chi connectivity index (χ3n) is 3.70. The molecule has 2 rings (SSSR count). The summed E-state index contributed by atoms with van der Waals surface area (Å²) < 4.78 is 15.7. The summed E-state index contributed by atoms with van der Waals surface area (Å²) in [4.78, 5) is 4.28. The van der Waals surface area contributed by atoms with Crippen LogP contribution < -0.4 is 5.73 Å². The van der Waals surface area contributed by atoms with Crippen molar-refractivity contribution < 1.29 is 9.50 Å². The smallest absolute Gasteiger partial charge is 0.163 e. The van der Waals surface area contributed by atoms with Gasteiger partial charge in [-0.15, -0.1) is 0 Å². The summed E-state index contributed by atoms with van der Waals surface area (Å²) in [7, 11) is 0. The lowest BCUT2D eigenvalue weighted by atomic mass is 10.1. The Morgan fingerprint density at radius 1 is 1.54 bits per heavy atom. The number of aromatic nitrogens is 2. The highest BCUT2D eigenvalue weighted by Gasteiger charge is 2.18. The molecule has 8 heteroatoms. The third kappa shape index (κ3) is 4.36. The number of halogens is 2. The Hall–Kier alpha value is -2.50. The van der Waals surface area contributed by atoms with Gasteiger partial charge in [0.15, 0.2) is 5.69 Å². The van der Waals surface area contributed by atoms with Gasteiger partial charge in [0.1, 0.15) is 16.5 Å². The second-order valence-electron chi connectivity index (χ2n) is 5.56. The Bertz CT molecular complexity index is 895. The average Bonchev–Trinajstić information content (AvgIpc) is 3.02. The molecule has 0 amide bonds. The third-order valence-corrected chi connectivity index (χ3v) is 4.46. The fraction of sp³-hybridized carbons (Fsp3) is 0.278. The van der Waals surface area contributed by atoms with Crippen LogP contribution in [0, 0.1) is 17.1 Å². The van der Waals surface area contributed by atoms with Crippen LogP contribution in [-0.4, -0.2) is 26.1 Å². The zero-order valence-electron chi connectivity index (χ0n) is 14.4. The number of hydrogen-bond acceptors (Lipinski definition) is 5. The number of allylic oxidation sites excluding steroid dienone is 1.